The number of halogens is 2. The Labute approximate surface area is 164 Å². The summed E-state index contributed by atoms with van der Waals surface area (Å²) in [4.78, 5) is 13.1. The summed E-state index contributed by atoms with van der Waals surface area (Å²) in [5.74, 6) is 1.10. The molecule has 0 atom stereocenters. The van der Waals surface area contributed by atoms with Crippen LogP contribution in [-0.4, -0.2) is 28.3 Å². The molecular weight excluding hydrogens is 385 g/mol. The fourth-order valence-corrected chi connectivity index (χ4v) is 2.95. The zero-order valence-electron chi connectivity index (χ0n) is 14.1. The largest absolute Gasteiger partial charge is 0.497 e. The third kappa shape index (κ3) is 3.63. The molecule has 0 aliphatic heterocycles. The van der Waals surface area contributed by atoms with Crippen LogP contribution in [0.25, 0.3) is 21.9 Å². The van der Waals surface area contributed by atoms with E-state index in [-0.39, 0.29) is 5.15 Å². The van der Waals surface area contributed by atoms with Gasteiger partial charge in [-0.1, -0.05) is 35.3 Å². The lowest BCUT2D eigenvalue weighted by atomic mass is 10.1. The average Bonchev–Trinajstić information content (AvgIpc) is 2.68. The van der Waals surface area contributed by atoms with Gasteiger partial charge in [-0.15, -0.1) is 0 Å². The summed E-state index contributed by atoms with van der Waals surface area (Å²) < 4.78 is 5.24. The van der Waals surface area contributed by atoms with Crippen molar-refractivity contribution >= 4 is 57.2 Å². The van der Waals surface area contributed by atoms with Crippen molar-refractivity contribution in [1.82, 2.24) is 15.0 Å². The minimum atomic E-state index is 0.235. The SMILES string of the molecule is COc1ccc2nc(Cl)c(/C=N\Nc3nc4ccccc4nc3Cl)cc2c1. The normalized spacial score (nSPS) is 11.4. The molecule has 0 amide bonds. The van der Waals surface area contributed by atoms with Gasteiger partial charge in [0.1, 0.15) is 10.9 Å². The lowest BCUT2D eigenvalue weighted by Crippen LogP contribution is -1.98. The molecule has 2 aromatic heterocycles. The van der Waals surface area contributed by atoms with Crippen molar-refractivity contribution < 1.29 is 4.74 Å². The molecule has 27 heavy (non-hydrogen) atoms. The minimum Gasteiger partial charge on any atom is -0.497 e. The van der Waals surface area contributed by atoms with Crippen LogP contribution in [0.15, 0.2) is 53.6 Å². The maximum Gasteiger partial charge on any atom is 0.185 e. The molecule has 0 radical (unpaired) electrons. The molecule has 4 rings (SSSR count). The lowest BCUT2D eigenvalue weighted by Gasteiger charge is -2.05. The van der Waals surface area contributed by atoms with Gasteiger partial charge < -0.3 is 4.74 Å². The Morgan fingerprint density at radius 1 is 0.926 bits per heavy atom. The van der Waals surface area contributed by atoms with Crippen LogP contribution in [0.1, 0.15) is 5.56 Å². The number of anilines is 1. The van der Waals surface area contributed by atoms with Gasteiger partial charge in [-0.25, -0.2) is 15.0 Å². The van der Waals surface area contributed by atoms with Crippen LogP contribution < -0.4 is 10.2 Å². The first kappa shape index (κ1) is 17.5. The lowest BCUT2D eigenvalue weighted by molar-refractivity contribution is 0.415. The van der Waals surface area contributed by atoms with E-state index in [1.807, 2.05) is 48.5 Å². The zero-order valence-corrected chi connectivity index (χ0v) is 15.7. The summed E-state index contributed by atoms with van der Waals surface area (Å²) in [7, 11) is 1.62. The highest BCUT2D eigenvalue weighted by Gasteiger charge is 2.07. The van der Waals surface area contributed by atoms with E-state index in [4.69, 9.17) is 27.9 Å². The Morgan fingerprint density at radius 2 is 1.67 bits per heavy atom. The minimum absolute atomic E-state index is 0.235. The van der Waals surface area contributed by atoms with Crippen molar-refractivity contribution in [2.24, 2.45) is 5.10 Å². The molecule has 0 spiro atoms. The molecule has 0 bridgehead atoms. The highest BCUT2D eigenvalue weighted by atomic mass is 35.5. The van der Waals surface area contributed by atoms with E-state index >= 15 is 0 Å². The van der Waals surface area contributed by atoms with Gasteiger partial charge in [0.15, 0.2) is 11.0 Å². The topological polar surface area (TPSA) is 72.3 Å². The molecule has 0 fully saturated rings. The van der Waals surface area contributed by atoms with Crippen molar-refractivity contribution in [1.29, 1.82) is 0 Å². The van der Waals surface area contributed by atoms with Crippen molar-refractivity contribution in [3.63, 3.8) is 0 Å². The number of para-hydroxylation sites is 2. The van der Waals surface area contributed by atoms with E-state index in [1.54, 1.807) is 13.3 Å². The smallest absolute Gasteiger partial charge is 0.185 e. The molecule has 8 heteroatoms. The van der Waals surface area contributed by atoms with Crippen molar-refractivity contribution in [3.05, 3.63) is 64.4 Å². The number of methoxy groups -OCH3 is 1. The number of hydrazone groups is 1. The van der Waals surface area contributed by atoms with E-state index < -0.39 is 0 Å². The van der Waals surface area contributed by atoms with E-state index in [2.05, 4.69) is 25.5 Å². The van der Waals surface area contributed by atoms with Crippen LogP contribution in [0.3, 0.4) is 0 Å². The van der Waals surface area contributed by atoms with E-state index in [0.717, 1.165) is 22.2 Å². The predicted octanol–water partition coefficient (Wildman–Crippen LogP) is 4.94. The van der Waals surface area contributed by atoms with Gasteiger partial charge in [0.2, 0.25) is 0 Å². The number of hydrogen-bond donors (Lipinski definition) is 1. The molecule has 2 heterocycles. The van der Waals surface area contributed by atoms with Crippen molar-refractivity contribution in [2.75, 3.05) is 12.5 Å². The molecule has 0 aliphatic rings. The third-order valence-electron chi connectivity index (χ3n) is 3.90. The van der Waals surface area contributed by atoms with Crippen molar-refractivity contribution in [3.8, 4) is 5.75 Å². The molecule has 134 valence electrons. The molecule has 0 aliphatic carbocycles. The van der Waals surface area contributed by atoms with Gasteiger partial charge in [0.25, 0.3) is 0 Å². The molecule has 2 aromatic carbocycles. The Morgan fingerprint density at radius 3 is 2.44 bits per heavy atom. The summed E-state index contributed by atoms with van der Waals surface area (Å²) in [6, 6.07) is 14.9. The second kappa shape index (κ2) is 7.34. The number of pyridine rings is 1. The molecule has 0 unspecified atom stereocenters. The van der Waals surface area contributed by atoms with Crippen molar-refractivity contribution in [2.45, 2.75) is 0 Å². The zero-order chi connectivity index (χ0) is 18.8. The van der Waals surface area contributed by atoms with Crippen LogP contribution in [0.4, 0.5) is 5.82 Å². The fraction of sp³-hybridized carbons (Fsp3) is 0.0526. The highest BCUT2D eigenvalue weighted by molar-refractivity contribution is 6.32. The summed E-state index contributed by atoms with van der Waals surface area (Å²) >= 11 is 12.4. The number of ether oxygens (including phenoxy) is 1. The second-order valence-corrected chi connectivity index (χ2v) is 6.36. The Balaban J connectivity index is 1.63. The molecule has 4 aromatic rings. The van der Waals surface area contributed by atoms with E-state index in [1.165, 1.54) is 0 Å². The summed E-state index contributed by atoms with van der Waals surface area (Å²) in [5.41, 5.74) is 5.66. The first-order chi connectivity index (χ1) is 13.1. The van der Waals surface area contributed by atoms with Crippen LogP contribution in [-0.2, 0) is 0 Å². The number of aromatic nitrogens is 3. The predicted molar refractivity (Wildman–Crippen MR) is 109 cm³/mol. The average molecular weight is 398 g/mol. The molecule has 1 N–H and O–H groups in total. The number of benzene rings is 2. The van der Waals surface area contributed by atoms with E-state index in [0.29, 0.717) is 22.1 Å². The number of rotatable bonds is 4. The molecule has 0 saturated carbocycles. The monoisotopic (exact) mass is 397 g/mol. The molecule has 0 saturated heterocycles. The van der Waals surface area contributed by atoms with Gasteiger partial charge >= 0.3 is 0 Å². The number of hydrogen-bond acceptors (Lipinski definition) is 6. The Hall–Kier alpha value is -2.96. The van der Waals surface area contributed by atoms with Gasteiger partial charge in [-0.3, -0.25) is 5.43 Å². The molecule has 6 nitrogen and oxygen atoms in total. The molecular formula is C19H13Cl2N5O. The number of nitrogens with one attached hydrogen (secondary N) is 1. The highest BCUT2D eigenvalue weighted by Crippen LogP contribution is 2.24. The Bertz CT molecular complexity index is 1180. The van der Waals surface area contributed by atoms with Gasteiger partial charge in [-0.2, -0.15) is 5.10 Å². The quantitative estimate of drug-likeness (QED) is 0.300. The first-order valence-corrected chi connectivity index (χ1v) is 8.75. The Kier molecular flexibility index (Phi) is 4.75. The third-order valence-corrected chi connectivity index (χ3v) is 4.47. The van der Waals surface area contributed by atoms with E-state index in [9.17, 15) is 0 Å². The van der Waals surface area contributed by atoms with Crippen LogP contribution in [0.5, 0.6) is 5.75 Å². The van der Waals surface area contributed by atoms with Crippen LogP contribution in [0.2, 0.25) is 10.3 Å². The van der Waals surface area contributed by atoms with Crippen LogP contribution in [0, 0.1) is 0 Å². The van der Waals surface area contributed by atoms with Gasteiger partial charge in [0.05, 0.1) is 29.9 Å². The summed E-state index contributed by atoms with van der Waals surface area (Å²) in [6.07, 6.45) is 1.56. The number of nitrogens with zero attached hydrogens (tertiary/aromatic N) is 4. The second-order valence-electron chi connectivity index (χ2n) is 5.65. The fourth-order valence-electron chi connectivity index (χ4n) is 2.58. The maximum absolute atomic E-state index is 6.25. The van der Waals surface area contributed by atoms with Gasteiger partial charge in [-0.05, 0) is 36.4 Å². The van der Waals surface area contributed by atoms with Gasteiger partial charge in [0, 0.05) is 10.9 Å². The summed E-state index contributed by atoms with van der Waals surface area (Å²) in [6.45, 7) is 0. The van der Waals surface area contributed by atoms with Crippen LogP contribution >= 0.6 is 23.2 Å². The maximum atomic E-state index is 6.25. The number of fused-ring (bicyclic) bond motifs is 2. The standard InChI is InChI=1S/C19H13Cl2N5O/c1-27-13-6-7-14-11(9-13)8-12(17(20)23-14)10-22-26-19-18(21)24-15-4-2-3-5-16(15)25-19/h2-10H,1H3,(H,25,26)/b22-10-. The first-order valence-electron chi connectivity index (χ1n) is 8.00. The summed E-state index contributed by atoms with van der Waals surface area (Å²) in [5, 5.41) is 5.64.